The second-order valence-corrected chi connectivity index (χ2v) is 6.44. The lowest BCUT2D eigenvalue weighted by molar-refractivity contribution is -0.122. The summed E-state index contributed by atoms with van der Waals surface area (Å²) in [5.41, 5.74) is 8.49. The van der Waals surface area contributed by atoms with E-state index < -0.39 is 0 Å². The number of rotatable bonds is 5. The molecule has 1 atom stereocenters. The Morgan fingerprint density at radius 2 is 2.12 bits per heavy atom. The lowest BCUT2D eigenvalue weighted by Gasteiger charge is -2.23. The van der Waals surface area contributed by atoms with Crippen molar-refractivity contribution in [3.8, 4) is 0 Å². The summed E-state index contributed by atoms with van der Waals surface area (Å²) in [6.07, 6.45) is 1.74. The Hall–Kier alpha value is -2.67. The first-order chi connectivity index (χ1) is 12.0. The molecule has 0 bridgehead atoms. The highest BCUT2D eigenvalue weighted by atomic mass is 16.2. The van der Waals surface area contributed by atoms with E-state index >= 15 is 0 Å². The molecule has 3 N–H and O–H groups in total. The summed E-state index contributed by atoms with van der Waals surface area (Å²) < 4.78 is 1.57. The second-order valence-electron chi connectivity index (χ2n) is 6.44. The number of nitrogens with one attached hydrogen (secondary N) is 1. The third-order valence-corrected chi connectivity index (χ3v) is 4.57. The molecule has 1 aromatic heterocycles. The van der Waals surface area contributed by atoms with Crippen molar-refractivity contribution in [1.29, 1.82) is 0 Å². The van der Waals surface area contributed by atoms with Gasteiger partial charge in [0.25, 0.3) is 5.91 Å². The van der Waals surface area contributed by atoms with Gasteiger partial charge in [-0.15, -0.1) is 0 Å². The highest BCUT2D eigenvalue weighted by molar-refractivity contribution is 6.03. The van der Waals surface area contributed by atoms with E-state index in [1.54, 1.807) is 17.8 Å². The van der Waals surface area contributed by atoms with E-state index in [0.29, 0.717) is 12.2 Å². The maximum Gasteiger partial charge on any atom is 0.273 e. The number of nitrogens with zero attached hydrogens (tertiary/aromatic N) is 3. The van der Waals surface area contributed by atoms with Crippen LogP contribution in [0.5, 0.6) is 0 Å². The van der Waals surface area contributed by atoms with Crippen LogP contribution in [-0.4, -0.2) is 39.1 Å². The summed E-state index contributed by atoms with van der Waals surface area (Å²) in [6.45, 7) is 3.26. The fourth-order valence-electron chi connectivity index (χ4n) is 3.35. The molecule has 132 valence electrons. The van der Waals surface area contributed by atoms with Gasteiger partial charge < -0.3 is 11.1 Å². The molecule has 2 aromatic rings. The molecule has 1 aliphatic heterocycles. The molecule has 1 aromatic carbocycles. The van der Waals surface area contributed by atoms with Crippen LogP contribution in [0.2, 0.25) is 0 Å². The number of primary amides is 1. The zero-order valence-corrected chi connectivity index (χ0v) is 14.5. The maximum atomic E-state index is 12.6. The van der Waals surface area contributed by atoms with Gasteiger partial charge in [0.05, 0.1) is 11.7 Å². The summed E-state index contributed by atoms with van der Waals surface area (Å²) in [6, 6.07) is 9.15. The minimum absolute atomic E-state index is 0.205. The molecular weight excluding hydrogens is 318 g/mol. The molecule has 0 unspecified atom stereocenters. The van der Waals surface area contributed by atoms with Crippen molar-refractivity contribution in [1.82, 2.24) is 14.7 Å². The molecule has 7 nitrogen and oxygen atoms in total. The molecule has 0 saturated carbocycles. The zero-order chi connectivity index (χ0) is 18.0. The van der Waals surface area contributed by atoms with Crippen LogP contribution in [-0.2, 0) is 18.4 Å². The summed E-state index contributed by atoms with van der Waals surface area (Å²) in [5, 5.41) is 7.16. The van der Waals surface area contributed by atoms with E-state index in [1.165, 1.54) is 0 Å². The van der Waals surface area contributed by atoms with Crippen LogP contribution in [0, 0.1) is 6.92 Å². The standard InChI is InChI=1S/C18H23N5O2/c1-12-10-16(22(2)21-12)18(25)20-14-7-4-3-6-13(14)11-23-9-5-8-15(23)17(19)24/h3-4,6-7,10,15H,5,8-9,11H2,1-2H3,(H2,19,24)(H,20,25)/t15-/m0/s1. The largest absolute Gasteiger partial charge is 0.368 e. The van der Waals surface area contributed by atoms with Gasteiger partial charge in [-0.1, -0.05) is 18.2 Å². The Kier molecular flexibility index (Phi) is 4.85. The number of para-hydroxylation sites is 1. The Morgan fingerprint density at radius 3 is 2.80 bits per heavy atom. The summed E-state index contributed by atoms with van der Waals surface area (Å²) in [4.78, 5) is 26.2. The van der Waals surface area contributed by atoms with Gasteiger partial charge in [-0.3, -0.25) is 19.2 Å². The average molecular weight is 341 g/mol. The average Bonchev–Trinajstić information content (AvgIpc) is 3.15. The molecule has 1 fully saturated rings. The number of amides is 2. The molecule has 7 heteroatoms. The van der Waals surface area contributed by atoms with Crippen LogP contribution in [0.1, 0.15) is 34.6 Å². The Morgan fingerprint density at radius 1 is 1.36 bits per heavy atom. The van der Waals surface area contributed by atoms with Gasteiger partial charge in [0.2, 0.25) is 5.91 Å². The van der Waals surface area contributed by atoms with E-state index in [4.69, 9.17) is 5.73 Å². The SMILES string of the molecule is Cc1cc(C(=O)Nc2ccccc2CN2CCC[C@H]2C(N)=O)n(C)n1. The number of aromatic nitrogens is 2. The first kappa shape index (κ1) is 17.2. The van der Waals surface area contributed by atoms with Crippen LogP contribution < -0.4 is 11.1 Å². The molecular formula is C18H23N5O2. The number of hydrogen-bond acceptors (Lipinski definition) is 4. The first-order valence-electron chi connectivity index (χ1n) is 8.39. The fourth-order valence-corrected chi connectivity index (χ4v) is 3.35. The van der Waals surface area contributed by atoms with E-state index in [1.807, 2.05) is 31.2 Å². The number of carbonyl (C=O) groups is 2. The van der Waals surface area contributed by atoms with Crippen molar-refractivity contribution in [2.24, 2.45) is 12.8 Å². The van der Waals surface area contributed by atoms with Crippen LogP contribution in [0.4, 0.5) is 5.69 Å². The number of aryl methyl sites for hydroxylation is 2. The Balaban J connectivity index is 1.78. The topological polar surface area (TPSA) is 93.3 Å². The maximum absolute atomic E-state index is 12.6. The fraction of sp³-hybridized carbons (Fsp3) is 0.389. The van der Waals surface area contributed by atoms with Crippen molar-refractivity contribution in [2.75, 3.05) is 11.9 Å². The smallest absolute Gasteiger partial charge is 0.273 e. The normalized spacial score (nSPS) is 17.6. The minimum Gasteiger partial charge on any atom is -0.368 e. The molecule has 0 aliphatic carbocycles. The highest BCUT2D eigenvalue weighted by Crippen LogP contribution is 2.24. The van der Waals surface area contributed by atoms with Crippen molar-refractivity contribution >= 4 is 17.5 Å². The first-order valence-corrected chi connectivity index (χ1v) is 8.39. The molecule has 25 heavy (non-hydrogen) atoms. The number of likely N-dealkylation sites (tertiary alicyclic amines) is 1. The van der Waals surface area contributed by atoms with Crippen molar-refractivity contribution < 1.29 is 9.59 Å². The molecule has 2 amide bonds. The van der Waals surface area contributed by atoms with Crippen molar-refractivity contribution in [3.63, 3.8) is 0 Å². The van der Waals surface area contributed by atoms with Gasteiger partial charge in [-0.2, -0.15) is 5.10 Å². The molecule has 2 heterocycles. The Bertz CT molecular complexity index is 799. The van der Waals surface area contributed by atoms with Crippen molar-refractivity contribution in [2.45, 2.75) is 32.4 Å². The Labute approximate surface area is 146 Å². The van der Waals surface area contributed by atoms with Gasteiger partial charge in [0.1, 0.15) is 5.69 Å². The molecule has 0 spiro atoms. The minimum atomic E-state index is -0.288. The van der Waals surface area contributed by atoms with Crippen LogP contribution >= 0.6 is 0 Å². The van der Waals surface area contributed by atoms with E-state index in [9.17, 15) is 9.59 Å². The van der Waals surface area contributed by atoms with E-state index in [0.717, 1.165) is 36.3 Å². The summed E-state index contributed by atoms with van der Waals surface area (Å²) >= 11 is 0. The van der Waals surface area contributed by atoms with Gasteiger partial charge in [-0.05, 0) is 44.0 Å². The lowest BCUT2D eigenvalue weighted by Crippen LogP contribution is -2.39. The molecule has 1 aliphatic rings. The zero-order valence-electron chi connectivity index (χ0n) is 14.5. The number of carbonyl (C=O) groups excluding carboxylic acids is 2. The third-order valence-electron chi connectivity index (χ3n) is 4.57. The van der Waals surface area contributed by atoms with Crippen LogP contribution in [0.25, 0.3) is 0 Å². The summed E-state index contributed by atoms with van der Waals surface area (Å²) in [5.74, 6) is -0.493. The molecule has 0 radical (unpaired) electrons. The predicted molar refractivity (Wildman–Crippen MR) is 95.0 cm³/mol. The molecule has 1 saturated heterocycles. The van der Waals surface area contributed by atoms with Gasteiger partial charge in [0, 0.05) is 19.3 Å². The van der Waals surface area contributed by atoms with E-state index in [-0.39, 0.29) is 17.9 Å². The number of nitrogens with two attached hydrogens (primary N) is 1. The third kappa shape index (κ3) is 3.71. The van der Waals surface area contributed by atoms with Crippen molar-refractivity contribution in [3.05, 3.63) is 47.3 Å². The van der Waals surface area contributed by atoms with Crippen LogP contribution in [0.3, 0.4) is 0 Å². The van der Waals surface area contributed by atoms with E-state index in [2.05, 4.69) is 15.3 Å². The van der Waals surface area contributed by atoms with Gasteiger partial charge in [0.15, 0.2) is 0 Å². The summed E-state index contributed by atoms with van der Waals surface area (Å²) in [7, 11) is 1.75. The number of benzene rings is 1. The second kappa shape index (κ2) is 7.06. The number of anilines is 1. The van der Waals surface area contributed by atoms with Gasteiger partial charge >= 0.3 is 0 Å². The number of hydrogen-bond donors (Lipinski definition) is 2. The monoisotopic (exact) mass is 341 g/mol. The highest BCUT2D eigenvalue weighted by Gasteiger charge is 2.29. The van der Waals surface area contributed by atoms with Gasteiger partial charge in [-0.25, -0.2) is 0 Å². The quantitative estimate of drug-likeness (QED) is 0.860. The molecule has 3 rings (SSSR count). The lowest BCUT2D eigenvalue weighted by atomic mass is 10.1. The predicted octanol–water partition coefficient (Wildman–Crippen LogP) is 1.43. The van der Waals surface area contributed by atoms with Crippen LogP contribution in [0.15, 0.2) is 30.3 Å².